The molecule has 0 saturated carbocycles. The Morgan fingerprint density at radius 3 is 1.98 bits per heavy atom. The summed E-state index contributed by atoms with van der Waals surface area (Å²) < 4.78 is 0. The number of carboxylic acids is 2. The van der Waals surface area contributed by atoms with Gasteiger partial charge in [0, 0.05) is 19.5 Å². The van der Waals surface area contributed by atoms with Crippen molar-refractivity contribution in [2.45, 2.75) is 121 Å². The average Bonchev–Trinajstić information content (AvgIpc) is 3.65. The molecule has 1 aliphatic heterocycles. The molecule has 15 N–H and O–H groups in total. The number of nitrogens with two attached hydrogens (primary N) is 3. The molecule has 0 bridgehead atoms. The number of carbonyl (C=O) groups excluding carboxylic acids is 6. The molecule has 1 saturated heterocycles. The average molecular weight is 835 g/mol. The van der Waals surface area contributed by atoms with Gasteiger partial charge in [-0.2, -0.15) is 0 Å². The van der Waals surface area contributed by atoms with Gasteiger partial charge in [-0.25, -0.2) is 0 Å². The molecule has 1 aromatic carbocycles. The smallest absolute Gasteiger partial charge is 0.325 e. The summed E-state index contributed by atoms with van der Waals surface area (Å²) in [6.45, 7) is 6.10. The monoisotopic (exact) mass is 834 g/mol. The van der Waals surface area contributed by atoms with E-state index in [-0.39, 0.29) is 62.8 Å². The summed E-state index contributed by atoms with van der Waals surface area (Å²) in [4.78, 5) is 109. The first-order valence-corrected chi connectivity index (χ1v) is 19.1. The van der Waals surface area contributed by atoms with Gasteiger partial charge >= 0.3 is 11.9 Å². The highest BCUT2D eigenvalue weighted by atomic mass is 16.4. The fourth-order valence-electron chi connectivity index (χ4n) is 6.13. The molecule has 2 rings (SSSR count). The van der Waals surface area contributed by atoms with Gasteiger partial charge in [-0.1, -0.05) is 26.0 Å². The standard InChI is InChI=1S/C37H58N10O12/c1-18(2)15-24(31(53)42-19(3)36(58)59)44-32(54)26(17-28(50)51)45-34(56)27-8-6-14-47(27)35(57)29(20(4)48)46-33(55)25(16-21-9-11-22(49)12-10-21)43-30(52)23(38)7-5-13-41-37(39)40/h9-12,18-20,23-27,29,48-49H,5-8,13-17,38H2,1-4H3,(H,42,53)(H,43,52)(H,44,54)(H,45,56)(H,46,55)(H,50,51)(H,58,59)(H4,39,40,41)/t19-,20+,23-,24-,25-,26-,27-,29-/m0/s1. The fourth-order valence-corrected chi connectivity index (χ4v) is 6.13. The third kappa shape index (κ3) is 16.4. The maximum absolute atomic E-state index is 14.0. The molecule has 6 amide bonds. The number of aromatic hydroxyl groups is 1. The van der Waals surface area contributed by atoms with E-state index in [1.807, 2.05) is 0 Å². The quantitative estimate of drug-likeness (QED) is 0.0292. The van der Waals surface area contributed by atoms with Crippen LogP contribution in [0, 0.1) is 5.92 Å². The minimum atomic E-state index is -1.73. The largest absolute Gasteiger partial charge is 0.508 e. The Balaban J connectivity index is 2.28. The summed E-state index contributed by atoms with van der Waals surface area (Å²) in [6.07, 6.45) is -1.70. The van der Waals surface area contributed by atoms with Crippen molar-refractivity contribution in [3.63, 3.8) is 0 Å². The van der Waals surface area contributed by atoms with Crippen LogP contribution in [0.3, 0.4) is 0 Å². The van der Waals surface area contributed by atoms with Crippen molar-refractivity contribution >= 4 is 53.3 Å². The van der Waals surface area contributed by atoms with Crippen molar-refractivity contribution in [3.05, 3.63) is 29.8 Å². The molecule has 1 fully saturated rings. The van der Waals surface area contributed by atoms with Crippen molar-refractivity contribution in [3.8, 4) is 5.75 Å². The second-order valence-corrected chi connectivity index (χ2v) is 14.8. The summed E-state index contributed by atoms with van der Waals surface area (Å²) in [5.74, 6) is -8.48. The molecule has 1 aliphatic rings. The number of nitrogens with zero attached hydrogens (tertiary/aromatic N) is 2. The van der Waals surface area contributed by atoms with Gasteiger partial charge in [0.1, 0.15) is 42.0 Å². The van der Waals surface area contributed by atoms with Gasteiger partial charge in [-0.3, -0.25) is 43.3 Å². The number of phenolic OH excluding ortho intramolecular Hbond substituents is 1. The number of hydrogen-bond acceptors (Lipinski definition) is 12. The highest BCUT2D eigenvalue weighted by molar-refractivity contribution is 5.98. The van der Waals surface area contributed by atoms with Crippen LogP contribution in [0.25, 0.3) is 0 Å². The summed E-state index contributed by atoms with van der Waals surface area (Å²) in [6, 6.07) is -3.89. The number of carbonyl (C=O) groups is 8. The van der Waals surface area contributed by atoms with E-state index in [1.165, 1.54) is 38.1 Å². The van der Waals surface area contributed by atoms with Crippen molar-refractivity contribution < 1.29 is 58.8 Å². The van der Waals surface area contributed by atoms with Crippen LogP contribution in [0.1, 0.15) is 71.8 Å². The SMILES string of the molecule is CC(C)C[C@H](NC(=O)[C@H](CC(=O)O)NC(=O)[C@@H]1CCCN1C(=O)[C@@H](NC(=O)[C@H](Cc1ccc(O)cc1)NC(=O)[C@@H](N)CCCN=C(N)N)[C@@H](C)O)C(=O)N[C@@H](C)C(=O)O. The third-order valence-corrected chi connectivity index (χ3v) is 9.28. The number of benzene rings is 1. The number of likely N-dealkylation sites (tertiary alicyclic amines) is 1. The van der Waals surface area contributed by atoms with Crippen LogP contribution in [-0.4, -0.2) is 140 Å². The first-order valence-electron chi connectivity index (χ1n) is 19.1. The van der Waals surface area contributed by atoms with Crippen LogP contribution < -0.4 is 43.8 Å². The van der Waals surface area contributed by atoms with E-state index in [0.29, 0.717) is 12.0 Å². The molecule has 328 valence electrons. The van der Waals surface area contributed by atoms with Gasteiger partial charge < -0.3 is 69.1 Å². The Kier molecular flexibility index (Phi) is 19.5. The minimum Gasteiger partial charge on any atom is -0.508 e. The number of phenols is 1. The van der Waals surface area contributed by atoms with Gasteiger partial charge in [-0.15, -0.1) is 0 Å². The molecular weight excluding hydrogens is 776 g/mol. The lowest BCUT2D eigenvalue weighted by Crippen LogP contribution is -2.61. The van der Waals surface area contributed by atoms with E-state index >= 15 is 0 Å². The van der Waals surface area contributed by atoms with Crippen LogP contribution in [0.4, 0.5) is 0 Å². The Morgan fingerprint density at radius 2 is 1.42 bits per heavy atom. The molecular formula is C37H58N10O12. The van der Waals surface area contributed by atoms with Crippen LogP contribution in [0.2, 0.25) is 0 Å². The molecule has 0 spiro atoms. The Bertz CT molecular complexity index is 1690. The van der Waals surface area contributed by atoms with E-state index < -0.39 is 102 Å². The lowest BCUT2D eigenvalue weighted by molar-refractivity contribution is -0.145. The molecule has 59 heavy (non-hydrogen) atoms. The maximum atomic E-state index is 14.0. The number of carboxylic acid groups (broad SMARTS) is 2. The first kappa shape index (κ1) is 49.1. The molecule has 1 aromatic rings. The van der Waals surface area contributed by atoms with Crippen LogP contribution >= 0.6 is 0 Å². The lowest BCUT2D eigenvalue weighted by atomic mass is 10.0. The molecule has 22 nitrogen and oxygen atoms in total. The van der Waals surface area contributed by atoms with Gasteiger partial charge in [0.2, 0.25) is 35.4 Å². The zero-order chi connectivity index (χ0) is 44.6. The Morgan fingerprint density at radius 1 is 0.831 bits per heavy atom. The second-order valence-electron chi connectivity index (χ2n) is 14.8. The molecule has 0 aromatic heterocycles. The van der Waals surface area contributed by atoms with Crippen molar-refractivity contribution in [2.24, 2.45) is 28.1 Å². The van der Waals surface area contributed by atoms with Crippen LogP contribution in [0.15, 0.2) is 29.3 Å². The van der Waals surface area contributed by atoms with Gasteiger partial charge in [0.15, 0.2) is 5.96 Å². The van der Waals surface area contributed by atoms with E-state index in [4.69, 9.17) is 17.2 Å². The number of nitrogens with one attached hydrogen (secondary N) is 5. The van der Waals surface area contributed by atoms with E-state index in [1.54, 1.807) is 13.8 Å². The number of aliphatic imine (C=N–C) groups is 1. The van der Waals surface area contributed by atoms with Gasteiger partial charge in [0.05, 0.1) is 18.6 Å². The van der Waals surface area contributed by atoms with Crippen molar-refractivity contribution in [1.82, 2.24) is 31.5 Å². The summed E-state index contributed by atoms with van der Waals surface area (Å²) >= 11 is 0. The Hall–Kier alpha value is -6.03. The number of rotatable bonds is 23. The zero-order valence-electron chi connectivity index (χ0n) is 33.6. The number of guanidine groups is 1. The normalized spacial score (nSPS) is 17.2. The molecule has 8 atom stereocenters. The number of aliphatic carboxylic acids is 2. The summed E-state index contributed by atoms with van der Waals surface area (Å²) in [5, 5.41) is 51.3. The van der Waals surface area contributed by atoms with Gasteiger partial charge in [0.25, 0.3) is 0 Å². The molecule has 0 unspecified atom stereocenters. The van der Waals surface area contributed by atoms with E-state index in [2.05, 4.69) is 31.6 Å². The number of amides is 6. The topological polar surface area (TPSA) is 371 Å². The van der Waals surface area contributed by atoms with E-state index in [0.717, 1.165) is 4.90 Å². The summed E-state index contributed by atoms with van der Waals surface area (Å²) in [5.41, 5.74) is 17.2. The van der Waals surface area contributed by atoms with Crippen LogP contribution in [-0.2, 0) is 44.8 Å². The molecule has 22 heteroatoms. The zero-order valence-corrected chi connectivity index (χ0v) is 33.6. The highest BCUT2D eigenvalue weighted by Gasteiger charge is 2.41. The molecule has 1 heterocycles. The van der Waals surface area contributed by atoms with Crippen LogP contribution in [0.5, 0.6) is 5.75 Å². The fraction of sp³-hybridized carbons (Fsp3) is 0.595. The predicted octanol–water partition coefficient (Wildman–Crippen LogP) is -3.26. The van der Waals surface area contributed by atoms with Crippen molar-refractivity contribution in [2.75, 3.05) is 13.1 Å². The van der Waals surface area contributed by atoms with Crippen molar-refractivity contribution in [1.29, 1.82) is 0 Å². The number of aliphatic hydroxyl groups is 1. The molecule has 0 aliphatic carbocycles. The third-order valence-electron chi connectivity index (χ3n) is 9.28. The number of aliphatic hydroxyl groups excluding tert-OH is 1. The first-order chi connectivity index (χ1) is 27.6. The highest BCUT2D eigenvalue weighted by Crippen LogP contribution is 2.20. The predicted molar refractivity (Wildman–Crippen MR) is 211 cm³/mol. The minimum absolute atomic E-state index is 0.0213. The molecule has 0 radical (unpaired) electrons. The lowest BCUT2D eigenvalue weighted by Gasteiger charge is -2.32. The van der Waals surface area contributed by atoms with Gasteiger partial charge in [-0.05, 0) is 69.6 Å². The summed E-state index contributed by atoms with van der Waals surface area (Å²) in [7, 11) is 0. The van der Waals surface area contributed by atoms with E-state index in [9.17, 15) is 58.8 Å². The maximum Gasteiger partial charge on any atom is 0.325 e. The number of hydrogen-bond donors (Lipinski definition) is 12. The Labute approximate surface area is 341 Å². The second kappa shape index (κ2) is 23.4.